The Morgan fingerprint density at radius 1 is 1.28 bits per heavy atom. The van der Waals surface area contributed by atoms with Gasteiger partial charge in [-0.15, -0.1) is 11.3 Å². The van der Waals surface area contributed by atoms with Gasteiger partial charge in [-0.05, 0) is 32.9 Å². The molecule has 0 spiro atoms. The third-order valence-electron chi connectivity index (χ3n) is 3.28. The van der Waals surface area contributed by atoms with Crippen LogP contribution in [0.1, 0.15) is 67.5 Å². The number of thiazole rings is 1. The van der Waals surface area contributed by atoms with Gasteiger partial charge in [-0.2, -0.15) is 0 Å². The van der Waals surface area contributed by atoms with E-state index in [0.717, 1.165) is 16.5 Å². The number of nitrogens with one attached hydrogen (secondary N) is 1. The summed E-state index contributed by atoms with van der Waals surface area (Å²) in [5, 5.41) is 16.3. The average Bonchev–Trinajstić information content (AvgIpc) is 3.18. The second kappa shape index (κ2) is 19.2. The number of allylic oxidation sites excluding steroid dienone is 3. The zero-order valence-electron chi connectivity index (χ0n) is 19.7. The number of ether oxygens (including phenoxy) is 1. The number of aliphatic hydroxyl groups excluding tert-OH is 1. The van der Waals surface area contributed by atoms with Crippen LogP contribution >= 0.6 is 11.3 Å². The molecule has 0 aromatic carbocycles. The average molecular weight is 424 g/mol. The van der Waals surface area contributed by atoms with E-state index in [4.69, 9.17) is 4.74 Å². The fraction of sp³-hybridized carbons (Fsp3) is 0.565. The van der Waals surface area contributed by atoms with Crippen molar-refractivity contribution in [2.45, 2.75) is 67.9 Å². The van der Waals surface area contributed by atoms with Crippen molar-refractivity contribution in [2.24, 2.45) is 10.9 Å². The van der Waals surface area contributed by atoms with Crippen molar-refractivity contribution in [2.75, 3.05) is 19.0 Å². The highest BCUT2D eigenvalue weighted by Gasteiger charge is 2.10. The van der Waals surface area contributed by atoms with Gasteiger partial charge in [0.2, 0.25) is 0 Å². The van der Waals surface area contributed by atoms with Crippen molar-refractivity contribution < 1.29 is 9.84 Å². The van der Waals surface area contributed by atoms with Gasteiger partial charge in [-0.25, -0.2) is 4.98 Å². The number of aromatic nitrogens is 1. The van der Waals surface area contributed by atoms with E-state index >= 15 is 0 Å². The third kappa shape index (κ3) is 13.7. The number of nitrogens with zero attached hydrogens (tertiary/aromatic N) is 2. The largest absolute Gasteiger partial charge is 0.512 e. The molecule has 0 radical (unpaired) electrons. The predicted molar refractivity (Wildman–Crippen MR) is 130 cm³/mol. The second-order valence-corrected chi connectivity index (χ2v) is 6.74. The monoisotopic (exact) mass is 423 g/mol. The van der Waals surface area contributed by atoms with Gasteiger partial charge in [0.1, 0.15) is 0 Å². The summed E-state index contributed by atoms with van der Waals surface area (Å²) in [6.45, 7) is 16.6. The molecule has 0 aliphatic rings. The highest BCUT2D eigenvalue weighted by atomic mass is 32.1. The first kappa shape index (κ1) is 29.1. The van der Waals surface area contributed by atoms with E-state index in [1.807, 2.05) is 65.2 Å². The molecule has 0 amide bonds. The standard InChI is InChI=1S/C19H29N3O2S.2C2H6/c1-6-8-15(4)18(23)10-9-16(20-11-7-12-24-5)17-13-25-19(22-17)21-14(2)3;2*1-2/h6-8,10,12-15,23H,9,11H2,1-5H3,(H,21,22);2*1-2H3/b8-6-,12-7+,18-10+,20-16?;;. The fourth-order valence-corrected chi connectivity index (χ4v) is 2.91. The number of methoxy groups -OCH3 is 1. The molecule has 0 saturated carbocycles. The Morgan fingerprint density at radius 2 is 1.93 bits per heavy atom. The van der Waals surface area contributed by atoms with Crippen molar-refractivity contribution in [1.82, 2.24) is 4.98 Å². The molecule has 0 aliphatic carbocycles. The lowest BCUT2D eigenvalue weighted by molar-refractivity contribution is 0.337. The minimum Gasteiger partial charge on any atom is -0.512 e. The molecule has 0 aliphatic heterocycles. The summed E-state index contributed by atoms with van der Waals surface area (Å²) in [6.07, 6.45) is 9.67. The molecule has 5 nitrogen and oxygen atoms in total. The van der Waals surface area contributed by atoms with Crippen LogP contribution in [0.2, 0.25) is 0 Å². The number of aliphatic imine (C=N–C) groups is 1. The van der Waals surface area contributed by atoms with E-state index in [2.05, 4.69) is 29.1 Å². The summed E-state index contributed by atoms with van der Waals surface area (Å²) in [5.74, 6) is 0.335. The molecule has 166 valence electrons. The van der Waals surface area contributed by atoms with Crippen molar-refractivity contribution in [3.63, 3.8) is 0 Å². The van der Waals surface area contributed by atoms with Crippen LogP contribution in [0.15, 0.2) is 46.7 Å². The van der Waals surface area contributed by atoms with Crippen LogP contribution in [0.5, 0.6) is 0 Å². The smallest absolute Gasteiger partial charge is 0.183 e. The topological polar surface area (TPSA) is 66.7 Å². The molecule has 1 unspecified atom stereocenters. The van der Waals surface area contributed by atoms with Crippen molar-refractivity contribution in [3.8, 4) is 0 Å². The zero-order chi connectivity index (χ0) is 22.7. The van der Waals surface area contributed by atoms with Gasteiger partial charge in [-0.1, -0.05) is 46.8 Å². The second-order valence-electron chi connectivity index (χ2n) is 5.88. The molecular formula is C23H41N3O2S. The minimum absolute atomic E-state index is 0.00626. The fourth-order valence-electron chi connectivity index (χ4n) is 2.05. The van der Waals surface area contributed by atoms with E-state index < -0.39 is 0 Å². The summed E-state index contributed by atoms with van der Waals surface area (Å²) in [6, 6.07) is 0.328. The molecule has 0 fully saturated rings. The highest BCUT2D eigenvalue weighted by Crippen LogP contribution is 2.19. The Labute approximate surface area is 182 Å². The molecule has 1 aromatic rings. The normalized spacial score (nSPS) is 13.0. The van der Waals surface area contributed by atoms with Gasteiger partial charge in [-0.3, -0.25) is 4.99 Å². The number of hydrogen-bond donors (Lipinski definition) is 2. The number of anilines is 1. The first-order chi connectivity index (χ1) is 14.0. The Bertz CT molecular complexity index is 632. The van der Waals surface area contributed by atoms with E-state index in [-0.39, 0.29) is 5.92 Å². The Morgan fingerprint density at radius 3 is 2.48 bits per heavy atom. The minimum atomic E-state index is -0.00626. The first-order valence-corrected chi connectivity index (χ1v) is 11.3. The Hall–Kier alpha value is -2.08. The first-order valence-electron chi connectivity index (χ1n) is 10.4. The SMILES string of the molecule is C/C=C\C(C)/C(O)=C\CC(=NC/C=C/OC)c1csc(NC(C)C)n1.CC.CC. The molecule has 6 heteroatoms. The Balaban J connectivity index is 0. The lowest BCUT2D eigenvalue weighted by Gasteiger charge is -2.07. The van der Waals surface area contributed by atoms with Crippen LogP contribution in [0.4, 0.5) is 5.13 Å². The van der Waals surface area contributed by atoms with Gasteiger partial charge in [0.05, 0.1) is 37.1 Å². The molecule has 1 atom stereocenters. The maximum Gasteiger partial charge on any atom is 0.183 e. The summed E-state index contributed by atoms with van der Waals surface area (Å²) < 4.78 is 4.90. The van der Waals surface area contributed by atoms with Crippen LogP contribution in [0.25, 0.3) is 0 Å². The van der Waals surface area contributed by atoms with Gasteiger partial charge in [0.15, 0.2) is 5.13 Å². The van der Waals surface area contributed by atoms with Crippen LogP contribution in [0, 0.1) is 5.92 Å². The molecule has 1 rings (SSSR count). The maximum atomic E-state index is 10.2. The summed E-state index contributed by atoms with van der Waals surface area (Å²) >= 11 is 1.56. The van der Waals surface area contributed by atoms with Crippen molar-refractivity contribution in [3.05, 3.63) is 47.4 Å². The van der Waals surface area contributed by atoms with E-state index in [1.165, 1.54) is 0 Å². The van der Waals surface area contributed by atoms with E-state index in [9.17, 15) is 5.11 Å². The van der Waals surface area contributed by atoms with Gasteiger partial charge in [0, 0.05) is 23.8 Å². The van der Waals surface area contributed by atoms with Crippen LogP contribution in [0.3, 0.4) is 0 Å². The third-order valence-corrected chi connectivity index (χ3v) is 4.06. The zero-order valence-corrected chi connectivity index (χ0v) is 20.5. The lowest BCUT2D eigenvalue weighted by atomic mass is 10.1. The highest BCUT2D eigenvalue weighted by molar-refractivity contribution is 7.13. The van der Waals surface area contributed by atoms with Crippen molar-refractivity contribution >= 4 is 22.2 Å². The summed E-state index contributed by atoms with van der Waals surface area (Å²) in [4.78, 5) is 9.20. The molecule has 1 aromatic heterocycles. The van der Waals surface area contributed by atoms with Crippen LogP contribution < -0.4 is 5.32 Å². The lowest BCUT2D eigenvalue weighted by Crippen LogP contribution is -2.10. The quantitative estimate of drug-likeness (QED) is 0.241. The van der Waals surface area contributed by atoms with Gasteiger partial charge < -0.3 is 15.2 Å². The van der Waals surface area contributed by atoms with Gasteiger partial charge >= 0.3 is 0 Å². The van der Waals surface area contributed by atoms with Crippen LogP contribution in [-0.2, 0) is 4.74 Å². The number of rotatable bonds is 10. The van der Waals surface area contributed by atoms with Crippen molar-refractivity contribution in [1.29, 1.82) is 0 Å². The molecular weight excluding hydrogens is 382 g/mol. The maximum absolute atomic E-state index is 10.2. The number of aliphatic hydroxyl groups is 1. The molecule has 2 N–H and O–H groups in total. The molecule has 0 bridgehead atoms. The molecule has 1 heterocycles. The molecule has 29 heavy (non-hydrogen) atoms. The van der Waals surface area contributed by atoms with Gasteiger partial charge in [0.25, 0.3) is 0 Å². The Kier molecular flexibility index (Phi) is 19.3. The van der Waals surface area contributed by atoms with Crippen LogP contribution in [-0.4, -0.2) is 35.5 Å². The van der Waals surface area contributed by atoms with E-state index in [0.29, 0.717) is 24.8 Å². The predicted octanol–water partition coefficient (Wildman–Crippen LogP) is 7.01. The van der Waals surface area contributed by atoms with E-state index in [1.54, 1.807) is 30.8 Å². The summed E-state index contributed by atoms with van der Waals surface area (Å²) in [7, 11) is 1.61. The molecule has 0 saturated heterocycles. The summed E-state index contributed by atoms with van der Waals surface area (Å²) in [5.41, 5.74) is 1.68. The number of hydrogen-bond acceptors (Lipinski definition) is 6.